The van der Waals surface area contributed by atoms with E-state index in [0.29, 0.717) is 31.3 Å². The minimum Gasteiger partial charge on any atom is -0.324 e. The molecule has 0 aromatic rings. The Kier molecular flexibility index (Phi) is 4.55. The van der Waals surface area contributed by atoms with Gasteiger partial charge in [0.2, 0.25) is 5.91 Å². The van der Waals surface area contributed by atoms with E-state index < -0.39 is 15.2 Å². The van der Waals surface area contributed by atoms with Crippen LogP contribution in [-0.2, 0) is 14.6 Å². The molecule has 0 spiro atoms. The van der Waals surface area contributed by atoms with Crippen LogP contribution >= 0.6 is 11.8 Å². The number of hydrogen-bond acceptors (Lipinski definition) is 5. The number of nitrogens with one attached hydrogen (secondary N) is 1. The molecule has 0 bridgehead atoms. The summed E-state index contributed by atoms with van der Waals surface area (Å²) < 4.78 is 23.3. The van der Waals surface area contributed by atoms with Crippen LogP contribution in [0.3, 0.4) is 0 Å². The third-order valence-electron chi connectivity index (χ3n) is 3.25. The summed E-state index contributed by atoms with van der Waals surface area (Å²) in [5.74, 6) is 1.29. The Balaban J connectivity index is 1.88. The van der Waals surface area contributed by atoms with Gasteiger partial charge >= 0.3 is 0 Å². The summed E-state index contributed by atoms with van der Waals surface area (Å²) in [5, 5.41) is 2.64. The normalized spacial score (nSPS) is 25.2. The molecule has 1 N–H and O–H groups in total. The molecule has 7 heteroatoms. The smallest absolute Gasteiger partial charge is 0.224 e. The van der Waals surface area contributed by atoms with Gasteiger partial charge < -0.3 is 10.2 Å². The van der Waals surface area contributed by atoms with Crippen molar-refractivity contribution in [3.63, 3.8) is 0 Å². The van der Waals surface area contributed by atoms with Gasteiger partial charge in [0, 0.05) is 43.3 Å². The van der Waals surface area contributed by atoms with E-state index in [4.69, 9.17) is 0 Å². The third kappa shape index (κ3) is 3.86. The maximum Gasteiger partial charge on any atom is 0.224 e. The Labute approximate surface area is 113 Å². The van der Waals surface area contributed by atoms with Crippen molar-refractivity contribution in [1.82, 2.24) is 10.2 Å². The maximum absolute atomic E-state index is 12.1. The second kappa shape index (κ2) is 5.79. The molecule has 2 fully saturated rings. The van der Waals surface area contributed by atoms with Gasteiger partial charge in [-0.25, -0.2) is 8.42 Å². The Hall–Kier alpha value is -0.270. The number of carbonyl (C=O) groups is 1. The molecule has 104 valence electrons. The number of hydrogen-bond donors (Lipinski definition) is 1. The lowest BCUT2D eigenvalue weighted by Gasteiger charge is -2.34. The lowest BCUT2D eigenvalue weighted by molar-refractivity contribution is -0.131. The molecule has 1 aliphatic heterocycles. The highest BCUT2D eigenvalue weighted by atomic mass is 32.2. The Morgan fingerprint density at radius 2 is 2.17 bits per heavy atom. The quantitative estimate of drug-likeness (QED) is 0.777. The first-order valence-corrected chi connectivity index (χ1v) is 9.39. The first kappa shape index (κ1) is 14.1. The third-order valence-corrected chi connectivity index (χ3v) is 5.89. The van der Waals surface area contributed by atoms with Gasteiger partial charge in [-0.05, 0) is 12.8 Å². The summed E-state index contributed by atoms with van der Waals surface area (Å²) in [4.78, 5) is 13.6. The summed E-state index contributed by atoms with van der Waals surface area (Å²) in [5.41, 5.74) is 0. The van der Waals surface area contributed by atoms with Gasteiger partial charge in [0.15, 0.2) is 9.84 Å². The summed E-state index contributed by atoms with van der Waals surface area (Å²) in [6, 6.07) is 0.584. The molecule has 1 aliphatic carbocycles. The zero-order chi connectivity index (χ0) is 13.2. The number of sulfone groups is 1. The average molecular weight is 292 g/mol. The van der Waals surface area contributed by atoms with Crippen molar-refractivity contribution in [3.8, 4) is 0 Å². The molecule has 2 aliphatic rings. The van der Waals surface area contributed by atoms with Crippen LogP contribution in [0.15, 0.2) is 0 Å². The number of nitrogens with zero attached hydrogens (tertiary/aromatic N) is 1. The number of amides is 1. The van der Waals surface area contributed by atoms with Gasteiger partial charge in [0.25, 0.3) is 0 Å². The second-order valence-corrected chi connectivity index (χ2v) is 8.28. The molecule has 2 rings (SSSR count). The second-order valence-electron chi connectivity index (χ2n) is 4.92. The molecular formula is C11H20N2O3S2. The average Bonchev–Trinajstić information content (AvgIpc) is 3.12. The largest absolute Gasteiger partial charge is 0.324 e. The van der Waals surface area contributed by atoms with E-state index in [1.807, 2.05) is 0 Å². The summed E-state index contributed by atoms with van der Waals surface area (Å²) in [7, 11) is -3.19. The minimum absolute atomic E-state index is 0.0427. The molecule has 18 heavy (non-hydrogen) atoms. The number of carbonyl (C=O) groups excluding carboxylic acids is 1. The van der Waals surface area contributed by atoms with Gasteiger partial charge in [-0.3, -0.25) is 4.79 Å². The molecule has 1 heterocycles. The van der Waals surface area contributed by atoms with Crippen molar-refractivity contribution in [2.24, 2.45) is 0 Å². The number of thioether (sulfide) groups is 1. The van der Waals surface area contributed by atoms with Gasteiger partial charge in [-0.1, -0.05) is 0 Å². The van der Waals surface area contributed by atoms with Crippen molar-refractivity contribution in [1.29, 1.82) is 0 Å². The van der Waals surface area contributed by atoms with Crippen molar-refractivity contribution in [2.75, 3.05) is 30.9 Å². The summed E-state index contributed by atoms with van der Waals surface area (Å²) in [6.07, 6.45) is 4.00. The molecular weight excluding hydrogens is 272 g/mol. The SMILES string of the molecule is CS(=O)(=O)C1CSCCN1C(=O)CCNC1CC1. The fraction of sp³-hybridized carbons (Fsp3) is 0.909. The number of rotatable bonds is 5. The van der Waals surface area contributed by atoms with Crippen LogP contribution in [0, 0.1) is 0 Å². The lowest BCUT2D eigenvalue weighted by Crippen LogP contribution is -2.50. The summed E-state index contributed by atoms with van der Waals surface area (Å²) in [6.45, 7) is 1.20. The van der Waals surface area contributed by atoms with Crippen LogP contribution in [-0.4, -0.2) is 61.5 Å². The van der Waals surface area contributed by atoms with Crippen LogP contribution in [0.1, 0.15) is 19.3 Å². The monoisotopic (exact) mass is 292 g/mol. The molecule has 0 aromatic carbocycles. The summed E-state index contributed by atoms with van der Waals surface area (Å²) >= 11 is 1.60. The highest BCUT2D eigenvalue weighted by molar-refractivity contribution is 8.00. The van der Waals surface area contributed by atoms with E-state index >= 15 is 0 Å². The predicted molar refractivity (Wildman–Crippen MR) is 73.3 cm³/mol. The van der Waals surface area contributed by atoms with Crippen LogP contribution in [0.5, 0.6) is 0 Å². The Morgan fingerprint density at radius 3 is 2.78 bits per heavy atom. The molecule has 0 radical (unpaired) electrons. The maximum atomic E-state index is 12.1. The molecule has 1 unspecified atom stereocenters. The van der Waals surface area contributed by atoms with Crippen molar-refractivity contribution in [2.45, 2.75) is 30.7 Å². The van der Waals surface area contributed by atoms with Gasteiger partial charge in [0.1, 0.15) is 5.37 Å². The predicted octanol–water partition coefficient (Wildman–Crippen LogP) is 0.0746. The molecule has 5 nitrogen and oxygen atoms in total. The highest BCUT2D eigenvalue weighted by Gasteiger charge is 2.33. The van der Waals surface area contributed by atoms with E-state index in [2.05, 4.69) is 5.32 Å². The van der Waals surface area contributed by atoms with Crippen molar-refractivity contribution >= 4 is 27.5 Å². The van der Waals surface area contributed by atoms with Crippen LogP contribution < -0.4 is 5.32 Å². The molecule has 1 saturated carbocycles. The highest BCUT2D eigenvalue weighted by Crippen LogP contribution is 2.21. The first-order valence-electron chi connectivity index (χ1n) is 6.28. The van der Waals surface area contributed by atoms with Gasteiger partial charge in [0.05, 0.1) is 0 Å². The lowest BCUT2D eigenvalue weighted by atomic mass is 10.3. The fourth-order valence-electron chi connectivity index (χ4n) is 2.04. The Morgan fingerprint density at radius 1 is 1.44 bits per heavy atom. The Bertz CT molecular complexity index is 407. The van der Waals surface area contributed by atoms with E-state index in [0.717, 1.165) is 5.75 Å². The van der Waals surface area contributed by atoms with Crippen LogP contribution in [0.2, 0.25) is 0 Å². The van der Waals surface area contributed by atoms with Gasteiger partial charge in [-0.15, -0.1) is 0 Å². The standard InChI is InChI=1S/C11H20N2O3S2/c1-18(15,16)11-8-17-7-6-13(11)10(14)4-5-12-9-2-3-9/h9,11-12H,2-8H2,1H3. The molecule has 1 atom stereocenters. The van der Waals surface area contributed by atoms with E-state index in [1.54, 1.807) is 16.7 Å². The van der Waals surface area contributed by atoms with Crippen molar-refractivity contribution < 1.29 is 13.2 Å². The topological polar surface area (TPSA) is 66.5 Å². The van der Waals surface area contributed by atoms with E-state index in [9.17, 15) is 13.2 Å². The van der Waals surface area contributed by atoms with Crippen LogP contribution in [0.4, 0.5) is 0 Å². The zero-order valence-electron chi connectivity index (χ0n) is 10.6. The zero-order valence-corrected chi connectivity index (χ0v) is 12.2. The molecule has 0 aromatic heterocycles. The first-order chi connectivity index (χ1) is 8.48. The van der Waals surface area contributed by atoms with E-state index in [1.165, 1.54) is 19.1 Å². The van der Waals surface area contributed by atoms with Gasteiger partial charge in [-0.2, -0.15) is 11.8 Å². The fourth-order valence-corrected chi connectivity index (χ4v) is 4.87. The minimum atomic E-state index is -3.19. The molecule has 1 amide bonds. The van der Waals surface area contributed by atoms with Crippen molar-refractivity contribution in [3.05, 3.63) is 0 Å². The van der Waals surface area contributed by atoms with Crippen LogP contribution in [0.25, 0.3) is 0 Å². The van der Waals surface area contributed by atoms with E-state index in [-0.39, 0.29) is 5.91 Å². The molecule has 1 saturated heterocycles.